The second-order valence-electron chi connectivity index (χ2n) is 11.4. The number of rotatable bonds is 6. The second kappa shape index (κ2) is 11.6. The molecule has 1 atom stereocenters. The molecule has 0 radical (unpaired) electrons. The van der Waals surface area contributed by atoms with Crippen molar-refractivity contribution in [2.45, 2.75) is 89.4 Å². The Bertz CT molecular complexity index is 1470. The SMILES string of the molecule is CCc1cc2c(cc3n2CC(C(=O)NC2CCCCCC2)(C2=C/C=C\CC/C=C\2)N(Cc2ccccc2)C3=O)s1. The van der Waals surface area contributed by atoms with Gasteiger partial charge in [-0.15, -0.1) is 11.3 Å². The molecule has 1 fully saturated rings. The zero-order valence-corrected chi connectivity index (χ0v) is 24.2. The Morgan fingerprint density at radius 3 is 2.60 bits per heavy atom. The van der Waals surface area contributed by atoms with Gasteiger partial charge in [0.1, 0.15) is 5.69 Å². The van der Waals surface area contributed by atoms with Crippen molar-refractivity contribution in [1.29, 1.82) is 0 Å². The summed E-state index contributed by atoms with van der Waals surface area (Å²) in [5.41, 5.74) is 2.44. The van der Waals surface area contributed by atoms with Gasteiger partial charge in [-0.25, -0.2) is 0 Å². The van der Waals surface area contributed by atoms with E-state index < -0.39 is 5.54 Å². The van der Waals surface area contributed by atoms with Crippen LogP contribution in [0.15, 0.2) is 78.4 Å². The smallest absolute Gasteiger partial charge is 0.272 e. The number of allylic oxidation sites excluding steroid dienone is 4. The van der Waals surface area contributed by atoms with Gasteiger partial charge in [0.2, 0.25) is 0 Å². The number of benzene rings is 1. The molecular formula is C34H39N3O2S. The zero-order chi connectivity index (χ0) is 27.5. The number of hydrogen-bond donors (Lipinski definition) is 1. The van der Waals surface area contributed by atoms with E-state index in [1.54, 1.807) is 11.3 Å². The van der Waals surface area contributed by atoms with Crippen molar-refractivity contribution in [3.8, 4) is 0 Å². The molecule has 6 heteroatoms. The van der Waals surface area contributed by atoms with Gasteiger partial charge in [0.25, 0.3) is 11.8 Å². The highest BCUT2D eigenvalue weighted by Gasteiger charge is 2.53. The summed E-state index contributed by atoms with van der Waals surface area (Å²) in [6.07, 6.45) is 20.0. The Labute approximate surface area is 241 Å². The van der Waals surface area contributed by atoms with E-state index in [1.807, 2.05) is 41.3 Å². The molecule has 3 aliphatic rings. The van der Waals surface area contributed by atoms with E-state index >= 15 is 0 Å². The quantitative estimate of drug-likeness (QED) is 0.325. The van der Waals surface area contributed by atoms with Crippen LogP contribution in [0, 0.1) is 0 Å². The molecule has 3 heterocycles. The van der Waals surface area contributed by atoms with E-state index in [0.29, 0.717) is 18.8 Å². The number of nitrogens with zero attached hydrogens (tertiary/aromatic N) is 2. The van der Waals surface area contributed by atoms with Crippen LogP contribution in [0.2, 0.25) is 0 Å². The van der Waals surface area contributed by atoms with Gasteiger partial charge in [-0.2, -0.15) is 0 Å². The van der Waals surface area contributed by atoms with Crippen LogP contribution < -0.4 is 5.32 Å². The molecule has 1 aliphatic heterocycles. The Morgan fingerprint density at radius 2 is 1.82 bits per heavy atom. The van der Waals surface area contributed by atoms with Gasteiger partial charge < -0.3 is 14.8 Å². The van der Waals surface area contributed by atoms with Gasteiger partial charge in [0.05, 0.1) is 16.8 Å². The molecule has 1 unspecified atom stereocenters. The van der Waals surface area contributed by atoms with Gasteiger partial charge in [-0.1, -0.05) is 93.3 Å². The lowest BCUT2D eigenvalue weighted by Crippen LogP contribution is -2.66. The Morgan fingerprint density at radius 1 is 1.05 bits per heavy atom. The molecule has 1 N–H and O–H groups in total. The van der Waals surface area contributed by atoms with E-state index in [-0.39, 0.29) is 17.9 Å². The van der Waals surface area contributed by atoms with Crippen LogP contribution >= 0.6 is 11.3 Å². The van der Waals surface area contributed by atoms with Crippen molar-refractivity contribution in [3.63, 3.8) is 0 Å². The molecule has 2 amide bonds. The molecule has 6 rings (SSSR count). The van der Waals surface area contributed by atoms with Gasteiger partial charge in [-0.05, 0) is 55.4 Å². The van der Waals surface area contributed by atoms with Gasteiger partial charge in [0, 0.05) is 17.5 Å². The summed E-state index contributed by atoms with van der Waals surface area (Å²) >= 11 is 1.75. The first-order valence-electron chi connectivity index (χ1n) is 14.9. The third kappa shape index (κ3) is 4.98. The van der Waals surface area contributed by atoms with Crippen LogP contribution in [-0.4, -0.2) is 32.9 Å². The molecule has 1 aromatic carbocycles. The third-order valence-corrected chi connectivity index (χ3v) is 9.95. The fourth-order valence-electron chi connectivity index (χ4n) is 6.52. The highest BCUT2D eigenvalue weighted by molar-refractivity contribution is 7.19. The Balaban J connectivity index is 1.54. The lowest BCUT2D eigenvalue weighted by atomic mass is 9.81. The summed E-state index contributed by atoms with van der Waals surface area (Å²) in [5, 5.41) is 3.48. The standard InChI is InChI=1S/C34H39N3O2S/c1-2-28-21-29-31(40-28)22-30-32(38)37(23-25-15-9-8-10-16-25)34(24-36(29)30,26-17-11-4-3-5-12-18-26)33(39)35-27-19-13-6-7-14-20-27/h4,8-12,15-18,21-22,27H,2-3,5-7,13-14,19-20,23-24H2,1H3,(H,35,39)/b11-4-,18-12-,26-17+. The molecular weight excluding hydrogens is 514 g/mol. The average Bonchev–Trinajstić information content (AvgIpc) is 3.39. The molecule has 0 bridgehead atoms. The molecule has 1 saturated carbocycles. The van der Waals surface area contributed by atoms with Crippen molar-refractivity contribution >= 4 is 33.4 Å². The summed E-state index contributed by atoms with van der Waals surface area (Å²) in [6, 6.07) is 14.5. The van der Waals surface area contributed by atoms with Crippen LogP contribution in [0.25, 0.3) is 10.2 Å². The maximum atomic E-state index is 14.9. The van der Waals surface area contributed by atoms with Gasteiger partial charge in [-0.3, -0.25) is 9.59 Å². The van der Waals surface area contributed by atoms with Crippen LogP contribution in [-0.2, 0) is 24.3 Å². The summed E-state index contributed by atoms with van der Waals surface area (Å²) in [4.78, 5) is 32.6. The molecule has 5 nitrogen and oxygen atoms in total. The number of amides is 2. The number of fused-ring (bicyclic) bond motifs is 3. The maximum Gasteiger partial charge on any atom is 0.272 e. The fourth-order valence-corrected chi connectivity index (χ4v) is 7.56. The van der Waals surface area contributed by atoms with Crippen molar-refractivity contribution in [2.75, 3.05) is 0 Å². The van der Waals surface area contributed by atoms with E-state index in [0.717, 1.165) is 66.3 Å². The number of hydrogen-bond acceptors (Lipinski definition) is 3. The lowest BCUT2D eigenvalue weighted by Gasteiger charge is -2.47. The molecule has 0 spiro atoms. The molecule has 208 valence electrons. The summed E-state index contributed by atoms with van der Waals surface area (Å²) in [5.74, 6) is -0.153. The Kier molecular flexibility index (Phi) is 7.79. The molecule has 2 aromatic heterocycles. The monoisotopic (exact) mass is 553 g/mol. The topological polar surface area (TPSA) is 54.3 Å². The number of aryl methyl sites for hydroxylation is 1. The van der Waals surface area contributed by atoms with Crippen LogP contribution in [0.1, 0.15) is 79.2 Å². The predicted molar refractivity (Wildman–Crippen MR) is 163 cm³/mol. The van der Waals surface area contributed by atoms with Crippen molar-refractivity contribution in [3.05, 3.63) is 94.6 Å². The summed E-state index contributed by atoms with van der Waals surface area (Å²) < 4.78 is 3.24. The minimum atomic E-state index is -1.18. The number of carbonyl (C=O) groups excluding carboxylic acids is 2. The van der Waals surface area contributed by atoms with Gasteiger partial charge in [0.15, 0.2) is 5.54 Å². The lowest BCUT2D eigenvalue weighted by molar-refractivity contribution is -0.132. The molecule has 2 aliphatic carbocycles. The first kappa shape index (κ1) is 26.8. The van der Waals surface area contributed by atoms with Crippen LogP contribution in [0.5, 0.6) is 0 Å². The highest BCUT2D eigenvalue weighted by atomic mass is 32.1. The largest absolute Gasteiger partial charge is 0.351 e. The zero-order valence-electron chi connectivity index (χ0n) is 23.4. The highest BCUT2D eigenvalue weighted by Crippen LogP contribution is 2.41. The second-order valence-corrected chi connectivity index (χ2v) is 12.5. The predicted octanol–water partition coefficient (Wildman–Crippen LogP) is 7.33. The van der Waals surface area contributed by atoms with Crippen molar-refractivity contribution < 1.29 is 9.59 Å². The maximum absolute atomic E-state index is 14.9. The van der Waals surface area contributed by atoms with E-state index in [9.17, 15) is 9.59 Å². The first-order valence-corrected chi connectivity index (χ1v) is 15.7. The Hall–Kier alpha value is -3.38. The van der Waals surface area contributed by atoms with Crippen LogP contribution in [0.3, 0.4) is 0 Å². The van der Waals surface area contributed by atoms with Crippen LogP contribution in [0.4, 0.5) is 0 Å². The van der Waals surface area contributed by atoms with Crippen molar-refractivity contribution in [1.82, 2.24) is 14.8 Å². The normalized spacial score (nSPS) is 24.9. The molecule has 3 aromatic rings. The molecule has 0 saturated heterocycles. The average molecular weight is 554 g/mol. The number of aromatic nitrogens is 1. The number of carbonyl (C=O) groups is 2. The summed E-state index contributed by atoms with van der Waals surface area (Å²) in [7, 11) is 0. The van der Waals surface area contributed by atoms with E-state index in [2.05, 4.69) is 53.3 Å². The third-order valence-electron chi connectivity index (χ3n) is 8.74. The first-order chi connectivity index (χ1) is 19.6. The minimum absolute atomic E-state index is 0.0630. The number of nitrogens with one attached hydrogen (secondary N) is 1. The summed E-state index contributed by atoms with van der Waals surface area (Å²) in [6.45, 7) is 2.92. The van der Waals surface area contributed by atoms with E-state index in [4.69, 9.17) is 0 Å². The molecule has 40 heavy (non-hydrogen) atoms. The number of thiophene rings is 1. The van der Waals surface area contributed by atoms with Gasteiger partial charge >= 0.3 is 0 Å². The fraction of sp³-hybridized carbons (Fsp3) is 0.412. The van der Waals surface area contributed by atoms with Crippen molar-refractivity contribution in [2.24, 2.45) is 0 Å². The van der Waals surface area contributed by atoms with E-state index in [1.165, 1.54) is 17.7 Å². The minimum Gasteiger partial charge on any atom is -0.351 e.